The zero-order valence-corrected chi connectivity index (χ0v) is 13.7. The van der Waals surface area contributed by atoms with Crippen molar-refractivity contribution in [1.82, 2.24) is 0 Å². The second-order valence-corrected chi connectivity index (χ2v) is 5.62. The minimum absolute atomic E-state index is 0.303. The highest BCUT2D eigenvalue weighted by molar-refractivity contribution is 5.95. The Bertz CT molecular complexity index is 682. The van der Waals surface area contributed by atoms with Crippen LogP contribution >= 0.6 is 0 Å². The van der Waals surface area contributed by atoms with Gasteiger partial charge in [-0.15, -0.1) is 0 Å². The van der Waals surface area contributed by atoms with Crippen molar-refractivity contribution in [2.45, 2.75) is 13.3 Å². The van der Waals surface area contributed by atoms with Gasteiger partial charge in [-0.25, -0.2) is 0 Å². The third-order valence-electron chi connectivity index (χ3n) is 3.97. The Morgan fingerprint density at radius 3 is 2.25 bits per heavy atom. The van der Waals surface area contributed by atoms with Gasteiger partial charge in [-0.1, -0.05) is 37.3 Å². The van der Waals surface area contributed by atoms with Crippen LogP contribution in [0.25, 0.3) is 0 Å². The Morgan fingerprint density at radius 2 is 1.71 bits per heavy atom. The Kier molecular flexibility index (Phi) is 5.95. The molecule has 0 aromatic heterocycles. The molecule has 2 aromatic rings. The summed E-state index contributed by atoms with van der Waals surface area (Å²) in [7, 11) is 1.57. The lowest BCUT2D eigenvalue weighted by Crippen LogP contribution is -2.40. The van der Waals surface area contributed by atoms with Crippen LogP contribution in [0.1, 0.15) is 12.5 Å². The van der Waals surface area contributed by atoms with Gasteiger partial charge in [-0.2, -0.15) is 0 Å². The molecule has 0 saturated heterocycles. The maximum Gasteiger partial charge on any atom is 0.228 e. The monoisotopic (exact) mass is 326 g/mol. The molecule has 126 valence electrons. The average molecular weight is 326 g/mol. The number of methoxy groups -OCH3 is 1. The van der Waals surface area contributed by atoms with E-state index in [4.69, 9.17) is 4.74 Å². The summed E-state index contributed by atoms with van der Waals surface area (Å²) in [4.78, 5) is 23.8. The van der Waals surface area contributed by atoms with E-state index in [1.807, 2.05) is 18.2 Å². The lowest BCUT2D eigenvalue weighted by molar-refractivity contribution is -0.312. The number of benzene rings is 2. The molecule has 5 heteroatoms. The normalized spacial score (nSPS) is 12.9. The van der Waals surface area contributed by atoms with Crippen LogP contribution in [-0.2, 0) is 16.0 Å². The number of rotatable bonds is 7. The topological polar surface area (TPSA) is 78.5 Å². The molecule has 0 saturated carbocycles. The Balaban J connectivity index is 2.17. The van der Waals surface area contributed by atoms with Gasteiger partial charge in [0.25, 0.3) is 0 Å². The predicted octanol–water partition coefficient (Wildman–Crippen LogP) is 1.88. The van der Waals surface area contributed by atoms with Crippen LogP contribution in [0.5, 0.6) is 5.75 Å². The Hall–Kier alpha value is -2.82. The zero-order chi connectivity index (χ0) is 17.5. The number of carboxylic acids is 1. The molecule has 2 aromatic carbocycles. The summed E-state index contributed by atoms with van der Waals surface area (Å²) in [6.45, 7) is 1.49. The SMILES string of the molecule is COc1ccc(CC(C(=O)Nc2ccccc2)C(C)C(=O)[O-])cc1. The maximum absolute atomic E-state index is 12.6. The van der Waals surface area contributed by atoms with Crippen LogP contribution in [0.3, 0.4) is 0 Å². The molecular formula is C19H20NO4-. The van der Waals surface area contributed by atoms with E-state index in [1.54, 1.807) is 43.5 Å². The maximum atomic E-state index is 12.6. The fraction of sp³-hybridized carbons (Fsp3) is 0.263. The Morgan fingerprint density at radius 1 is 1.08 bits per heavy atom. The molecule has 2 unspecified atom stereocenters. The first-order chi connectivity index (χ1) is 11.5. The first kappa shape index (κ1) is 17.5. The molecule has 0 fully saturated rings. The lowest BCUT2D eigenvalue weighted by atomic mass is 9.87. The van der Waals surface area contributed by atoms with E-state index >= 15 is 0 Å². The number of hydrogen-bond acceptors (Lipinski definition) is 4. The van der Waals surface area contributed by atoms with Crippen molar-refractivity contribution in [2.75, 3.05) is 12.4 Å². The van der Waals surface area contributed by atoms with Gasteiger partial charge in [0.1, 0.15) is 5.75 Å². The van der Waals surface area contributed by atoms with Gasteiger partial charge < -0.3 is 20.0 Å². The van der Waals surface area contributed by atoms with E-state index in [1.165, 1.54) is 6.92 Å². The highest BCUT2D eigenvalue weighted by Crippen LogP contribution is 2.21. The average Bonchev–Trinajstić information content (AvgIpc) is 2.60. The van der Waals surface area contributed by atoms with Crippen molar-refractivity contribution in [3.63, 3.8) is 0 Å². The summed E-state index contributed by atoms with van der Waals surface area (Å²) in [6, 6.07) is 16.2. The largest absolute Gasteiger partial charge is 0.550 e. The number of hydrogen-bond donors (Lipinski definition) is 1. The highest BCUT2D eigenvalue weighted by atomic mass is 16.5. The van der Waals surface area contributed by atoms with Gasteiger partial charge in [-0.05, 0) is 36.2 Å². The zero-order valence-electron chi connectivity index (χ0n) is 13.7. The van der Waals surface area contributed by atoms with E-state index in [9.17, 15) is 14.7 Å². The number of ether oxygens (including phenoxy) is 1. The molecule has 0 radical (unpaired) electrons. The van der Waals surface area contributed by atoms with Crippen LogP contribution < -0.4 is 15.2 Å². The van der Waals surface area contributed by atoms with E-state index in [0.29, 0.717) is 17.9 Å². The summed E-state index contributed by atoms with van der Waals surface area (Å²) >= 11 is 0. The molecule has 0 aliphatic carbocycles. The van der Waals surface area contributed by atoms with Gasteiger partial charge in [0.15, 0.2) is 0 Å². The van der Waals surface area contributed by atoms with Gasteiger partial charge in [0.2, 0.25) is 5.91 Å². The highest BCUT2D eigenvalue weighted by Gasteiger charge is 2.26. The van der Waals surface area contributed by atoms with Crippen molar-refractivity contribution in [3.05, 3.63) is 60.2 Å². The molecule has 2 rings (SSSR count). The van der Waals surface area contributed by atoms with Crippen LogP contribution in [-0.4, -0.2) is 19.0 Å². The summed E-state index contributed by atoms with van der Waals surface area (Å²) < 4.78 is 5.10. The summed E-state index contributed by atoms with van der Waals surface area (Å²) in [5.41, 5.74) is 1.49. The number of carbonyl (C=O) groups excluding carboxylic acids is 2. The van der Waals surface area contributed by atoms with E-state index in [-0.39, 0.29) is 5.91 Å². The molecule has 2 atom stereocenters. The third-order valence-corrected chi connectivity index (χ3v) is 3.97. The van der Waals surface area contributed by atoms with E-state index in [0.717, 1.165) is 5.56 Å². The number of aliphatic carboxylic acids is 1. The second-order valence-electron chi connectivity index (χ2n) is 5.62. The molecule has 5 nitrogen and oxygen atoms in total. The fourth-order valence-electron chi connectivity index (χ4n) is 2.43. The van der Waals surface area contributed by atoms with Crippen LogP contribution in [0, 0.1) is 11.8 Å². The summed E-state index contributed by atoms with van der Waals surface area (Å²) in [6.07, 6.45) is 0.303. The molecule has 1 amide bonds. The standard InChI is InChI=1S/C19H21NO4/c1-13(19(22)23)17(12-14-8-10-16(24-2)11-9-14)18(21)20-15-6-4-3-5-7-15/h3-11,13,17H,12H2,1-2H3,(H,20,21)(H,22,23)/p-1. The van der Waals surface area contributed by atoms with Crippen LogP contribution in [0.4, 0.5) is 5.69 Å². The smallest absolute Gasteiger partial charge is 0.228 e. The molecule has 0 bridgehead atoms. The molecular weight excluding hydrogens is 306 g/mol. The van der Waals surface area contributed by atoms with Crippen LogP contribution in [0.15, 0.2) is 54.6 Å². The molecule has 1 N–H and O–H groups in total. The number of anilines is 1. The second kappa shape index (κ2) is 8.15. The van der Waals surface area contributed by atoms with E-state index in [2.05, 4.69) is 5.32 Å². The minimum atomic E-state index is -1.24. The van der Waals surface area contributed by atoms with E-state index < -0.39 is 17.8 Å². The van der Waals surface area contributed by atoms with Gasteiger partial charge in [0.05, 0.1) is 13.0 Å². The van der Waals surface area contributed by atoms with Crippen LogP contribution in [0.2, 0.25) is 0 Å². The van der Waals surface area contributed by atoms with Gasteiger partial charge in [0, 0.05) is 17.6 Å². The summed E-state index contributed by atoms with van der Waals surface area (Å²) in [5.74, 6) is -2.51. The van der Waals surface area contributed by atoms with Crippen molar-refractivity contribution >= 4 is 17.6 Å². The molecule has 0 spiro atoms. The Labute approximate surface area is 141 Å². The molecule has 0 aliphatic heterocycles. The van der Waals surface area contributed by atoms with Gasteiger partial charge in [-0.3, -0.25) is 4.79 Å². The molecule has 0 heterocycles. The number of carboxylic acid groups (broad SMARTS) is 1. The quantitative estimate of drug-likeness (QED) is 0.842. The van der Waals surface area contributed by atoms with Gasteiger partial charge >= 0.3 is 0 Å². The lowest BCUT2D eigenvalue weighted by Gasteiger charge is -2.24. The molecule has 0 aliphatic rings. The third kappa shape index (κ3) is 4.59. The minimum Gasteiger partial charge on any atom is -0.550 e. The van der Waals surface area contributed by atoms with Crippen molar-refractivity contribution in [2.24, 2.45) is 11.8 Å². The number of nitrogens with one attached hydrogen (secondary N) is 1. The number of amides is 1. The fourth-order valence-corrected chi connectivity index (χ4v) is 2.43. The first-order valence-corrected chi connectivity index (χ1v) is 7.71. The van der Waals surface area contributed by atoms with Crippen molar-refractivity contribution < 1.29 is 19.4 Å². The number of para-hydroxylation sites is 1. The first-order valence-electron chi connectivity index (χ1n) is 7.71. The predicted molar refractivity (Wildman–Crippen MR) is 89.4 cm³/mol. The van der Waals surface area contributed by atoms with Crippen molar-refractivity contribution in [3.8, 4) is 5.75 Å². The molecule has 24 heavy (non-hydrogen) atoms. The summed E-state index contributed by atoms with van der Waals surface area (Å²) in [5, 5.41) is 14.0. The number of carbonyl (C=O) groups is 2. The van der Waals surface area contributed by atoms with Crippen molar-refractivity contribution in [1.29, 1.82) is 0 Å².